The molecule has 0 radical (unpaired) electrons. The molecule has 0 spiro atoms. The van der Waals surface area contributed by atoms with Crippen molar-refractivity contribution in [2.75, 3.05) is 7.11 Å². The van der Waals surface area contributed by atoms with Crippen LogP contribution >= 0.6 is 0 Å². The van der Waals surface area contributed by atoms with Crippen molar-refractivity contribution in [3.05, 3.63) is 35.6 Å². The van der Waals surface area contributed by atoms with Gasteiger partial charge in [-0.15, -0.1) is 0 Å². The van der Waals surface area contributed by atoms with Crippen molar-refractivity contribution in [3.8, 4) is 0 Å². The number of nitrogens with two attached hydrogens (primary N) is 1. The molecule has 0 aliphatic heterocycles. The summed E-state index contributed by atoms with van der Waals surface area (Å²) in [6.07, 6.45) is -0.116. The van der Waals surface area contributed by atoms with Crippen LogP contribution in [0.15, 0.2) is 24.3 Å². The lowest BCUT2D eigenvalue weighted by molar-refractivity contribution is 0.0692. The highest BCUT2D eigenvalue weighted by atomic mass is 19.1. The summed E-state index contributed by atoms with van der Waals surface area (Å²) in [7, 11) is 1.57. The van der Waals surface area contributed by atoms with Crippen molar-refractivity contribution >= 4 is 5.97 Å². The molecule has 0 bridgehead atoms. The zero-order valence-corrected chi connectivity index (χ0v) is 8.61. The summed E-state index contributed by atoms with van der Waals surface area (Å²) in [5, 5.41) is 8.33. The van der Waals surface area contributed by atoms with E-state index < -0.39 is 11.8 Å². The molecule has 0 saturated carbocycles. The molecule has 0 aromatic heterocycles. The Balaban J connectivity index is 0.000000336. The summed E-state index contributed by atoms with van der Waals surface area (Å²) in [6.45, 7) is 1.78. The van der Waals surface area contributed by atoms with Gasteiger partial charge in [0.2, 0.25) is 0 Å². The Morgan fingerprint density at radius 1 is 1.53 bits per heavy atom. The number of hydrogen-bond donors (Lipinski definition) is 2. The highest BCUT2D eigenvalue weighted by Crippen LogP contribution is 2.04. The quantitative estimate of drug-likeness (QED) is 0.732. The molecule has 1 aromatic rings. The van der Waals surface area contributed by atoms with Crippen molar-refractivity contribution in [3.63, 3.8) is 0 Å². The molecule has 1 rings (SSSR count). The summed E-state index contributed by atoms with van der Waals surface area (Å²) in [4.78, 5) is 10.2. The molecule has 3 N–H and O–H groups in total. The van der Waals surface area contributed by atoms with Gasteiger partial charge in [0.25, 0.3) is 0 Å². The average Bonchev–Trinajstić information content (AvgIpc) is 2.19. The molecular formula is C10H14FNO3. The lowest BCUT2D eigenvalue weighted by Gasteiger charge is -1.95. The second-order valence-electron chi connectivity index (χ2n) is 2.73. The average molecular weight is 215 g/mol. The monoisotopic (exact) mass is 215 g/mol. The maximum atomic E-state index is 12.5. The topological polar surface area (TPSA) is 72.5 Å². The molecule has 4 nitrogen and oxygen atoms in total. The predicted octanol–water partition coefficient (Wildman–Crippen LogP) is 1.46. The number of carboxylic acid groups (broad SMARTS) is 1. The number of carbonyl (C=O) groups is 1. The van der Waals surface area contributed by atoms with Crippen LogP contribution in [0.3, 0.4) is 0 Å². The molecule has 0 aliphatic rings. The van der Waals surface area contributed by atoms with E-state index in [-0.39, 0.29) is 11.8 Å². The van der Waals surface area contributed by atoms with E-state index in [1.165, 1.54) is 18.2 Å². The van der Waals surface area contributed by atoms with Crippen LogP contribution in [0.4, 0.5) is 4.39 Å². The number of carboxylic acids is 1. The molecule has 0 heterocycles. The maximum Gasteiger partial charge on any atom is 0.338 e. The summed E-state index contributed by atoms with van der Waals surface area (Å²) in [5.41, 5.74) is 4.78. The molecule has 0 saturated heterocycles. The highest BCUT2D eigenvalue weighted by Gasteiger charge is 2.06. The van der Waals surface area contributed by atoms with Crippen molar-refractivity contribution in [1.82, 2.24) is 0 Å². The number of methoxy groups -OCH3 is 1. The number of benzene rings is 1. The lowest BCUT2D eigenvalue weighted by atomic mass is 10.2. The fourth-order valence-corrected chi connectivity index (χ4v) is 0.635. The van der Waals surface area contributed by atoms with E-state index in [1.807, 2.05) is 0 Å². The Hall–Kier alpha value is -1.46. The second-order valence-corrected chi connectivity index (χ2v) is 2.73. The Morgan fingerprint density at radius 2 is 2.00 bits per heavy atom. The van der Waals surface area contributed by atoms with Gasteiger partial charge in [-0.3, -0.25) is 0 Å². The van der Waals surface area contributed by atoms with Crippen LogP contribution in [-0.4, -0.2) is 24.4 Å². The van der Waals surface area contributed by atoms with E-state index in [1.54, 1.807) is 14.0 Å². The van der Waals surface area contributed by atoms with Gasteiger partial charge in [0.05, 0.1) is 5.56 Å². The SMILES string of the molecule is COC(C)N.O=C(O)c1ccccc1F. The van der Waals surface area contributed by atoms with Gasteiger partial charge in [0.1, 0.15) is 12.0 Å². The van der Waals surface area contributed by atoms with Gasteiger partial charge in [0, 0.05) is 7.11 Å². The first-order valence-electron chi connectivity index (χ1n) is 4.25. The van der Waals surface area contributed by atoms with Gasteiger partial charge in [-0.1, -0.05) is 12.1 Å². The van der Waals surface area contributed by atoms with Crippen molar-refractivity contribution in [2.24, 2.45) is 5.73 Å². The molecule has 0 fully saturated rings. The van der Waals surface area contributed by atoms with Crippen LogP contribution in [0, 0.1) is 5.82 Å². The third-order valence-corrected chi connectivity index (χ3v) is 1.48. The standard InChI is InChI=1S/C7H5FO2.C3H9NO/c8-6-4-2-1-3-5(6)7(9)10;1-3(4)5-2/h1-4H,(H,9,10);3H,4H2,1-2H3. The predicted molar refractivity (Wildman–Crippen MR) is 54.0 cm³/mol. The summed E-state index contributed by atoms with van der Waals surface area (Å²) in [5.74, 6) is -1.94. The van der Waals surface area contributed by atoms with Gasteiger partial charge in [-0.25, -0.2) is 9.18 Å². The van der Waals surface area contributed by atoms with E-state index in [2.05, 4.69) is 4.74 Å². The first kappa shape index (κ1) is 13.5. The van der Waals surface area contributed by atoms with Crippen molar-refractivity contribution in [2.45, 2.75) is 13.2 Å². The van der Waals surface area contributed by atoms with Crippen LogP contribution in [0.2, 0.25) is 0 Å². The van der Waals surface area contributed by atoms with Gasteiger partial charge in [-0.2, -0.15) is 0 Å². The molecule has 1 atom stereocenters. The van der Waals surface area contributed by atoms with E-state index in [0.717, 1.165) is 6.07 Å². The zero-order valence-electron chi connectivity index (χ0n) is 8.61. The smallest absolute Gasteiger partial charge is 0.338 e. The largest absolute Gasteiger partial charge is 0.478 e. The molecular weight excluding hydrogens is 201 g/mol. The molecule has 84 valence electrons. The Kier molecular flexibility index (Phi) is 6.24. The van der Waals surface area contributed by atoms with E-state index >= 15 is 0 Å². The fourth-order valence-electron chi connectivity index (χ4n) is 0.635. The number of hydrogen-bond acceptors (Lipinski definition) is 3. The lowest BCUT2D eigenvalue weighted by Crippen LogP contribution is -2.15. The van der Waals surface area contributed by atoms with Crippen molar-refractivity contribution < 1.29 is 19.0 Å². The molecule has 1 unspecified atom stereocenters. The number of rotatable bonds is 2. The van der Waals surface area contributed by atoms with Gasteiger partial charge in [-0.05, 0) is 19.1 Å². The Labute approximate surface area is 87.5 Å². The van der Waals surface area contributed by atoms with Crippen LogP contribution in [-0.2, 0) is 4.74 Å². The number of halogens is 1. The zero-order chi connectivity index (χ0) is 11.8. The minimum atomic E-state index is -1.24. The molecule has 5 heteroatoms. The Morgan fingerprint density at radius 3 is 2.27 bits per heavy atom. The summed E-state index contributed by atoms with van der Waals surface area (Å²) < 4.78 is 17.0. The normalized spacial score (nSPS) is 11.2. The van der Waals surface area contributed by atoms with Crippen LogP contribution in [0.25, 0.3) is 0 Å². The highest BCUT2D eigenvalue weighted by molar-refractivity contribution is 5.87. The van der Waals surface area contributed by atoms with Gasteiger partial charge in [0.15, 0.2) is 0 Å². The van der Waals surface area contributed by atoms with E-state index in [9.17, 15) is 9.18 Å². The maximum absolute atomic E-state index is 12.5. The van der Waals surface area contributed by atoms with Crippen LogP contribution in [0.5, 0.6) is 0 Å². The first-order valence-corrected chi connectivity index (χ1v) is 4.25. The number of aromatic carboxylic acids is 1. The van der Waals surface area contributed by atoms with Crippen LogP contribution in [0.1, 0.15) is 17.3 Å². The first-order chi connectivity index (χ1) is 6.99. The second kappa shape index (κ2) is 6.92. The Bertz CT molecular complexity index is 315. The molecule has 0 amide bonds. The summed E-state index contributed by atoms with van der Waals surface area (Å²) >= 11 is 0. The van der Waals surface area contributed by atoms with E-state index in [0.29, 0.717) is 0 Å². The van der Waals surface area contributed by atoms with Gasteiger partial charge >= 0.3 is 5.97 Å². The minimum Gasteiger partial charge on any atom is -0.478 e. The van der Waals surface area contributed by atoms with E-state index in [4.69, 9.17) is 10.8 Å². The number of ether oxygens (including phenoxy) is 1. The fraction of sp³-hybridized carbons (Fsp3) is 0.300. The summed E-state index contributed by atoms with van der Waals surface area (Å²) in [6, 6.07) is 5.26. The third-order valence-electron chi connectivity index (χ3n) is 1.48. The molecule has 1 aromatic carbocycles. The molecule has 15 heavy (non-hydrogen) atoms. The van der Waals surface area contributed by atoms with Crippen LogP contribution < -0.4 is 5.73 Å². The minimum absolute atomic E-state index is 0.116. The van der Waals surface area contributed by atoms with Crippen molar-refractivity contribution in [1.29, 1.82) is 0 Å². The van der Waals surface area contributed by atoms with Gasteiger partial charge < -0.3 is 15.6 Å². The molecule has 0 aliphatic carbocycles. The third kappa shape index (κ3) is 5.77.